The summed E-state index contributed by atoms with van der Waals surface area (Å²) in [6.45, 7) is 0.745. The first-order valence-electron chi connectivity index (χ1n) is 6.94. The minimum absolute atomic E-state index is 0.00377. The lowest BCUT2D eigenvalue weighted by molar-refractivity contribution is -0.123. The Morgan fingerprint density at radius 1 is 1.35 bits per heavy atom. The minimum atomic E-state index is -0.548. The third kappa shape index (κ3) is 3.14. The van der Waals surface area contributed by atoms with Gasteiger partial charge in [0.25, 0.3) is 0 Å². The van der Waals surface area contributed by atoms with Crippen LogP contribution in [0.15, 0.2) is 19.6 Å². The van der Waals surface area contributed by atoms with Crippen LogP contribution in [0.5, 0.6) is 0 Å². The molecule has 3 rings (SSSR count). The van der Waals surface area contributed by atoms with Gasteiger partial charge in [0, 0.05) is 6.61 Å². The molecule has 2 fully saturated rings. The van der Waals surface area contributed by atoms with Crippen molar-refractivity contribution in [2.75, 3.05) is 18.1 Å². The molecule has 0 amide bonds. The molecule has 2 aliphatic rings. The SMILES string of the molecule is OC(c1cc(Br)c(Br)o1)C1CCOC2(CCSCC2)C1. The second-order valence-corrected chi connectivity index (χ2v) is 8.41. The summed E-state index contributed by atoms with van der Waals surface area (Å²) in [5.41, 5.74) is -0.00377. The Labute approximate surface area is 140 Å². The van der Waals surface area contributed by atoms with Crippen molar-refractivity contribution in [1.29, 1.82) is 0 Å². The number of thioether (sulfide) groups is 1. The molecule has 2 unspecified atom stereocenters. The minimum Gasteiger partial charge on any atom is -0.450 e. The van der Waals surface area contributed by atoms with Crippen LogP contribution >= 0.6 is 43.6 Å². The molecule has 0 aliphatic carbocycles. The van der Waals surface area contributed by atoms with Crippen LogP contribution in [0.25, 0.3) is 0 Å². The number of aliphatic hydroxyl groups is 1. The zero-order chi connectivity index (χ0) is 14.2. The zero-order valence-corrected chi connectivity index (χ0v) is 15.1. The van der Waals surface area contributed by atoms with Crippen molar-refractivity contribution in [3.8, 4) is 0 Å². The van der Waals surface area contributed by atoms with Crippen molar-refractivity contribution in [2.24, 2.45) is 5.92 Å². The first-order chi connectivity index (χ1) is 9.60. The molecule has 0 saturated carbocycles. The Bertz CT molecular complexity index is 446. The molecule has 0 bridgehead atoms. The van der Waals surface area contributed by atoms with Crippen LogP contribution in [0.4, 0.5) is 0 Å². The number of aliphatic hydroxyl groups excluding tert-OH is 1. The van der Waals surface area contributed by atoms with Gasteiger partial charge < -0.3 is 14.3 Å². The van der Waals surface area contributed by atoms with Gasteiger partial charge in [0.2, 0.25) is 0 Å². The second-order valence-electron chi connectivity index (χ2n) is 5.61. The van der Waals surface area contributed by atoms with Gasteiger partial charge in [0.15, 0.2) is 4.67 Å². The van der Waals surface area contributed by atoms with Gasteiger partial charge in [0.1, 0.15) is 11.9 Å². The maximum Gasteiger partial charge on any atom is 0.183 e. The van der Waals surface area contributed by atoms with E-state index in [1.807, 2.05) is 17.8 Å². The molecule has 1 spiro atoms. The van der Waals surface area contributed by atoms with Gasteiger partial charge in [-0.25, -0.2) is 0 Å². The summed E-state index contributed by atoms with van der Waals surface area (Å²) < 4.78 is 13.1. The number of halogens is 2. The molecule has 3 heterocycles. The highest BCUT2D eigenvalue weighted by atomic mass is 79.9. The molecule has 2 aliphatic heterocycles. The molecule has 1 N–H and O–H groups in total. The molecule has 20 heavy (non-hydrogen) atoms. The molecule has 6 heteroatoms. The third-order valence-corrected chi connectivity index (χ3v) is 7.03. The fourth-order valence-corrected chi connectivity index (χ4v) is 5.01. The average molecular weight is 426 g/mol. The maximum absolute atomic E-state index is 10.6. The van der Waals surface area contributed by atoms with E-state index in [0.29, 0.717) is 10.4 Å². The summed E-state index contributed by atoms with van der Waals surface area (Å²) in [6, 6.07) is 1.85. The number of hydrogen-bond acceptors (Lipinski definition) is 4. The molecule has 2 saturated heterocycles. The Kier molecular flexibility index (Phi) is 4.87. The van der Waals surface area contributed by atoms with Crippen LogP contribution in [0, 0.1) is 5.92 Å². The van der Waals surface area contributed by atoms with E-state index in [4.69, 9.17) is 9.15 Å². The fraction of sp³-hybridized carbons (Fsp3) is 0.714. The van der Waals surface area contributed by atoms with E-state index in [0.717, 1.165) is 36.8 Å². The Morgan fingerprint density at radius 2 is 2.10 bits per heavy atom. The number of furan rings is 1. The molecule has 1 aromatic rings. The molecule has 3 nitrogen and oxygen atoms in total. The fourth-order valence-electron chi connectivity index (χ4n) is 3.17. The largest absolute Gasteiger partial charge is 0.450 e. The lowest BCUT2D eigenvalue weighted by atomic mass is 9.79. The Morgan fingerprint density at radius 3 is 2.75 bits per heavy atom. The highest BCUT2D eigenvalue weighted by molar-refractivity contribution is 9.13. The molecular weight excluding hydrogens is 408 g/mol. The summed E-state index contributed by atoms with van der Waals surface area (Å²) >= 11 is 8.73. The first kappa shape index (κ1) is 15.4. The van der Waals surface area contributed by atoms with Crippen molar-refractivity contribution in [3.05, 3.63) is 21.0 Å². The summed E-state index contributed by atoms with van der Waals surface area (Å²) in [4.78, 5) is 0. The quantitative estimate of drug-likeness (QED) is 0.755. The van der Waals surface area contributed by atoms with Crippen LogP contribution < -0.4 is 0 Å². The smallest absolute Gasteiger partial charge is 0.183 e. The van der Waals surface area contributed by atoms with E-state index in [1.165, 1.54) is 11.5 Å². The van der Waals surface area contributed by atoms with Crippen molar-refractivity contribution < 1.29 is 14.3 Å². The van der Waals surface area contributed by atoms with E-state index in [-0.39, 0.29) is 11.5 Å². The van der Waals surface area contributed by atoms with Gasteiger partial charge >= 0.3 is 0 Å². The van der Waals surface area contributed by atoms with E-state index >= 15 is 0 Å². The van der Waals surface area contributed by atoms with Crippen molar-refractivity contribution in [2.45, 2.75) is 37.4 Å². The van der Waals surface area contributed by atoms with E-state index in [2.05, 4.69) is 31.9 Å². The highest BCUT2D eigenvalue weighted by Crippen LogP contribution is 2.44. The lowest BCUT2D eigenvalue weighted by Crippen LogP contribution is -2.44. The lowest BCUT2D eigenvalue weighted by Gasteiger charge is -2.44. The molecule has 0 radical (unpaired) electrons. The number of hydrogen-bond donors (Lipinski definition) is 1. The molecule has 0 aromatic carbocycles. The predicted molar refractivity (Wildman–Crippen MR) is 87.0 cm³/mol. The predicted octanol–water partition coefficient (Wildman–Crippen LogP) is 4.53. The van der Waals surface area contributed by atoms with Crippen LogP contribution in [-0.4, -0.2) is 28.8 Å². The van der Waals surface area contributed by atoms with Crippen LogP contribution in [-0.2, 0) is 4.74 Å². The van der Waals surface area contributed by atoms with Crippen LogP contribution in [0.2, 0.25) is 0 Å². The number of ether oxygens (including phenoxy) is 1. The highest BCUT2D eigenvalue weighted by Gasteiger charge is 2.41. The standard InChI is InChI=1S/C14H18Br2O3S/c15-10-7-11(19-13(10)16)12(17)9-1-4-18-14(8-9)2-5-20-6-3-14/h7,9,12,17H,1-6,8H2. The molecule has 2 atom stereocenters. The normalized spacial score (nSPS) is 27.6. The van der Waals surface area contributed by atoms with Gasteiger partial charge in [-0.1, -0.05) is 0 Å². The van der Waals surface area contributed by atoms with Crippen LogP contribution in [0.3, 0.4) is 0 Å². The van der Waals surface area contributed by atoms with E-state index in [9.17, 15) is 5.11 Å². The van der Waals surface area contributed by atoms with Crippen molar-refractivity contribution in [3.63, 3.8) is 0 Å². The van der Waals surface area contributed by atoms with Crippen molar-refractivity contribution in [1.82, 2.24) is 0 Å². The van der Waals surface area contributed by atoms with Crippen molar-refractivity contribution >= 4 is 43.6 Å². The Hall–Kier alpha value is 0.510. The summed E-state index contributed by atoms with van der Waals surface area (Å²) in [5, 5.41) is 10.6. The molecule has 112 valence electrons. The summed E-state index contributed by atoms with van der Waals surface area (Å²) in [6.07, 6.45) is 3.49. The first-order valence-corrected chi connectivity index (χ1v) is 9.68. The van der Waals surface area contributed by atoms with Crippen LogP contribution in [0.1, 0.15) is 37.5 Å². The van der Waals surface area contributed by atoms with Gasteiger partial charge in [-0.15, -0.1) is 0 Å². The van der Waals surface area contributed by atoms with Gasteiger partial charge in [0.05, 0.1) is 10.1 Å². The Balaban J connectivity index is 1.72. The summed E-state index contributed by atoms with van der Waals surface area (Å²) in [7, 11) is 0. The molecular formula is C14H18Br2O3S. The number of rotatable bonds is 2. The van der Waals surface area contributed by atoms with E-state index in [1.54, 1.807) is 0 Å². The van der Waals surface area contributed by atoms with Gasteiger partial charge in [-0.05, 0) is 81.0 Å². The zero-order valence-electron chi connectivity index (χ0n) is 11.1. The third-order valence-electron chi connectivity index (χ3n) is 4.34. The van der Waals surface area contributed by atoms with Gasteiger partial charge in [-0.2, -0.15) is 11.8 Å². The maximum atomic E-state index is 10.6. The molecule has 1 aromatic heterocycles. The topological polar surface area (TPSA) is 42.6 Å². The monoisotopic (exact) mass is 424 g/mol. The van der Waals surface area contributed by atoms with E-state index < -0.39 is 6.10 Å². The second kappa shape index (κ2) is 6.32. The average Bonchev–Trinajstić information content (AvgIpc) is 2.79. The van der Waals surface area contributed by atoms with Gasteiger partial charge in [-0.3, -0.25) is 0 Å². The summed E-state index contributed by atoms with van der Waals surface area (Å²) in [5.74, 6) is 3.19.